The van der Waals surface area contributed by atoms with Crippen molar-refractivity contribution in [2.45, 2.75) is 13.8 Å². The average molecular weight is 308 g/mol. The first-order chi connectivity index (χ1) is 11.7. The lowest BCUT2D eigenvalue weighted by atomic mass is 9.96. The van der Waals surface area contributed by atoms with E-state index in [-0.39, 0.29) is 0 Å². The molecule has 2 heteroatoms. The second-order valence-corrected chi connectivity index (χ2v) is 6.18. The fraction of sp³-hybridized carbons (Fsp3) is 0.0909. The number of hydrogen-bond donors (Lipinski definition) is 0. The lowest BCUT2D eigenvalue weighted by Crippen LogP contribution is -1.89. The van der Waals surface area contributed by atoms with Crippen molar-refractivity contribution in [3.05, 3.63) is 83.3 Å². The number of fused-ring (bicyclic) bond motifs is 3. The SMILES string of the molecule is [C-]#[N+]c1cccc2c1ccc1c(-c3cc(C)cc(C)c3)nccc12. The van der Waals surface area contributed by atoms with E-state index in [0.29, 0.717) is 5.69 Å². The maximum atomic E-state index is 7.37. The Hall–Kier alpha value is -3.18. The zero-order valence-corrected chi connectivity index (χ0v) is 13.7. The van der Waals surface area contributed by atoms with Gasteiger partial charge >= 0.3 is 0 Å². The summed E-state index contributed by atoms with van der Waals surface area (Å²) in [5, 5.41) is 4.37. The van der Waals surface area contributed by atoms with Crippen LogP contribution in [0, 0.1) is 20.4 Å². The molecule has 0 saturated heterocycles. The third-order valence-electron chi connectivity index (χ3n) is 4.40. The van der Waals surface area contributed by atoms with E-state index < -0.39 is 0 Å². The zero-order valence-electron chi connectivity index (χ0n) is 13.7. The van der Waals surface area contributed by atoms with Gasteiger partial charge in [0.25, 0.3) is 0 Å². The lowest BCUT2D eigenvalue weighted by molar-refractivity contribution is 1.33. The lowest BCUT2D eigenvalue weighted by Gasteiger charge is -2.11. The van der Waals surface area contributed by atoms with E-state index in [4.69, 9.17) is 6.57 Å². The van der Waals surface area contributed by atoms with Crippen LogP contribution in [0.5, 0.6) is 0 Å². The Labute approximate surface area is 141 Å². The molecule has 0 saturated carbocycles. The highest BCUT2D eigenvalue weighted by Crippen LogP contribution is 2.35. The summed E-state index contributed by atoms with van der Waals surface area (Å²) in [7, 11) is 0. The topological polar surface area (TPSA) is 17.2 Å². The molecule has 2 nitrogen and oxygen atoms in total. The number of hydrogen-bond acceptors (Lipinski definition) is 1. The number of aromatic nitrogens is 1. The summed E-state index contributed by atoms with van der Waals surface area (Å²) >= 11 is 0. The van der Waals surface area contributed by atoms with Crippen molar-refractivity contribution in [1.29, 1.82) is 0 Å². The highest BCUT2D eigenvalue weighted by atomic mass is 14.7. The van der Waals surface area contributed by atoms with Crippen molar-refractivity contribution < 1.29 is 0 Å². The van der Waals surface area contributed by atoms with Gasteiger partial charge in [0.05, 0.1) is 12.3 Å². The van der Waals surface area contributed by atoms with Gasteiger partial charge in [-0.15, -0.1) is 0 Å². The number of benzene rings is 3. The molecule has 3 aromatic carbocycles. The Morgan fingerprint density at radius 3 is 2.25 bits per heavy atom. The number of aryl methyl sites for hydroxylation is 2. The molecule has 0 amide bonds. The standard InChI is InChI=1S/C22H16N2/c1-14-11-15(2)13-16(12-14)22-20-8-7-19-17(18(20)9-10-24-22)5-4-6-21(19)23-3/h4-13H,1-2H3. The van der Waals surface area contributed by atoms with Crippen LogP contribution < -0.4 is 0 Å². The van der Waals surface area contributed by atoms with Crippen molar-refractivity contribution in [3.8, 4) is 11.3 Å². The first-order valence-corrected chi connectivity index (χ1v) is 7.94. The molecule has 0 aliphatic heterocycles. The quantitative estimate of drug-likeness (QED) is 0.301. The first kappa shape index (κ1) is 14.4. The number of nitrogens with zero attached hydrogens (tertiary/aromatic N) is 2. The van der Waals surface area contributed by atoms with Crippen molar-refractivity contribution in [3.63, 3.8) is 0 Å². The molecule has 0 aliphatic rings. The molecule has 0 radical (unpaired) electrons. The van der Waals surface area contributed by atoms with Crippen LogP contribution in [0.4, 0.5) is 5.69 Å². The molecular weight excluding hydrogens is 292 g/mol. The molecule has 0 spiro atoms. The molecule has 24 heavy (non-hydrogen) atoms. The van der Waals surface area contributed by atoms with E-state index in [1.54, 1.807) is 0 Å². The second kappa shape index (κ2) is 5.47. The molecule has 1 heterocycles. The molecule has 114 valence electrons. The third kappa shape index (κ3) is 2.23. The van der Waals surface area contributed by atoms with Gasteiger partial charge in [-0.2, -0.15) is 0 Å². The van der Waals surface area contributed by atoms with Crippen LogP contribution in [0.25, 0.3) is 37.6 Å². The van der Waals surface area contributed by atoms with Crippen LogP contribution in [-0.4, -0.2) is 4.98 Å². The normalized spacial score (nSPS) is 10.9. The summed E-state index contributed by atoms with van der Waals surface area (Å²) in [5.41, 5.74) is 5.30. The highest BCUT2D eigenvalue weighted by molar-refractivity contribution is 6.14. The fourth-order valence-electron chi connectivity index (χ4n) is 3.45. The molecule has 0 unspecified atom stereocenters. The average Bonchev–Trinajstić information content (AvgIpc) is 2.59. The molecule has 4 aromatic rings. The van der Waals surface area contributed by atoms with Gasteiger partial charge in [-0.3, -0.25) is 4.98 Å². The van der Waals surface area contributed by atoms with E-state index in [0.717, 1.165) is 32.8 Å². The molecule has 0 atom stereocenters. The highest BCUT2D eigenvalue weighted by Gasteiger charge is 2.10. The van der Waals surface area contributed by atoms with Gasteiger partial charge < -0.3 is 0 Å². The Morgan fingerprint density at radius 2 is 1.50 bits per heavy atom. The van der Waals surface area contributed by atoms with Crippen LogP contribution >= 0.6 is 0 Å². The molecule has 0 N–H and O–H groups in total. The molecule has 1 aromatic heterocycles. The molecule has 4 rings (SSSR count). The van der Waals surface area contributed by atoms with Crippen molar-refractivity contribution in [2.75, 3.05) is 0 Å². The Balaban J connectivity index is 2.09. The summed E-state index contributed by atoms with van der Waals surface area (Å²) in [6.45, 7) is 11.6. The van der Waals surface area contributed by atoms with Gasteiger partial charge in [0.2, 0.25) is 0 Å². The minimum absolute atomic E-state index is 0.694. The summed E-state index contributed by atoms with van der Waals surface area (Å²) in [4.78, 5) is 8.29. The monoisotopic (exact) mass is 308 g/mol. The Bertz CT molecular complexity index is 1110. The van der Waals surface area contributed by atoms with Gasteiger partial charge in [0.1, 0.15) is 0 Å². The maximum absolute atomic E-state index is 7.37. The molecular formula is C22H16N2. The fourth-order valence-corrected chi connectivity index (χ4v) is 3.45. The Morgan fingerprint density at radius 1 is 0.792 bits per heavy atom. The van der Waals surface area contributed by atoms with Crippen molar-refractivity contribution in [2.24, 2.45) is 0 Å². The molecule has 0 aliphatic carbocycles. The van der Waals surface area contributed by atoms with E-state index in [1.807, 2.05) is 30.5 Å². The maximum Gasteiger partial charge on any atom is 0.194 e. The molecule has 0 fully saturated rings. The predicted octanol–water partition coefficient (Wildman–Crippen LogP) is 6.22. The number of rotatable bonds is 1. The van der Waals surface area contributed by atoms with Gasteiger partial charge in [-0.1, -0.05) is 47.5 Å². The predicted molar refractivity (Wildman–Crippen MR) is 100 cm³/mol. The number of pyridine rings is 1. The summed E-state index contributed by atoms with van der Waals surface area (Å²) in [6, 6.07) is 18.6. The third-order valence-corrected chi connectivity index (χ3v) is 4.40. The molecule has 0 bridgehead atoms. The van der Waals surface area contributed by atoms with Crippen LogP contribution in [0.1, 0.15) is 11.1 Å². The van der Waals surface area contributed by atoms with Gasteiger partial charge in [0, 0.05) is 17.1 Å². The second-order valence-electron chi connectivity index (χ2n) is 6.18. The minimum Gasteiger partial charge on any atom is -0.256 e. The van der Waals surface area contributed by atoms with Gasteiger partial charge in [-0.25, -0.2) is 4.85 Å². The van der Waals surface area contributed by atoms with Crippen LogP contribution in [0.3, 0.4) is 0 Å². The largest absolute Gasteiger partial charge is 0.256 e. The van der Waals surface area contributed by atoms with Gasteiger partial charge in [0.15, 0.2) is 5.69 Å². The van der Waals surface area contributed by atoms with E-state index >= 15 is 0 Å². The Kier molecular flexibility index (Phi) is 3.29. The van der Waals surface area contributed by atoms with Crippen LogP contribution in [0.15, 0.2) is 60.8 Å². The van der Waals surface area contributed by atoms with Crippen molar-refractivity contribution in [1.82, 2.24) is 4.98 Å². The van der Waals surface area contributed by atoms with Crippen molar-refractivity contribution >= 4 is 27.2 Å². The van der Waals surface area contributed by atoms with Gasteiger partial charge in [-0.05, 0) is 48.2 Å². The van der Waals surface area contributed by atoms with E-state index in [1.165, 1.54) is 11.1 Å². The van der Waals surface area contributed by atoms with Crippen LogP contribution in [0.2, 0.25) is 0 Å². The van der Waals surface area contributed by atoms with E-state index in [9.17, 15) is 0 Å². The summed E-state index contributed by atoms with van der Waals surface area (Å²) in [6.07, 6.45) is 1.86. The van der Waals surface area contributed by atoms with E-state index in [2.05, 4.69) is 54.0 Å². The zero-order chi connectivity index (χ0) is 16.7. The van der Waals surface area contributed by atoms with Crippen LogP contribution in [-0.2, 0) is 0 Å². The minimum atomic E-state index is 0.694. The summed E-state index contributed by atoms with van der Waals surface area (Å²) in [5.74, 6) is 0. The summed E-state index contributed by atoms with van der Waals surface area (Å²) < 4.78 is 0. The smallest absolute Gasteiger partial charge is 0.194 e. The first-order valence-electron chi connectivity index (χ1n) is 7.94.